The van der Waals surface area contributed by atoms with Crippen LogP contribution in [0.1, 0.15) is 26.7 Å². The van der Waals surface area contributed by atoms with Crippen LogP contribution >= 0.6 is 0 Å². The molecule has 3 fully saturated rings. The lowest BCUT2D eigenvalue weighted by Crippen LogP contribution is -2.47. The molecule has 6 atom stereocenters. The van der Waals surface area contributed by atoms with Gasteiger partial charge in [0.25, 0.3) is 0 Å². The van der Waals surface area contributed by atoms with Crippen molar-refractivity contribution in [3.05, 3.63) is 37.8 Å². The van der Waals surface area contributed by atoms with Crippen molar-refractivity contribution in [1.29, 1.82) is 0 Å². The van der Waals surface area contributed by atoms with Gasteiger partial charge in [-0.2, -0.15) is 0 Å². The van der Waals surface area contributed by atoms with Gasteiger partial charge in [0.1, 0.15) is 0 Å². The standard InChI is InChI=1S/C14H16O7.C4H2O3.C4H6O/c1-3-7-10-6(12(16)21-14(10)18)4-8(19-7)9-5(2)11(15)20-13(9)17;5-3-1-2-4(6)7-3;1-3-5-4-2/h5-10H,3-4H2,1-2H3;1-2H;3-4H,1-2H2. The summed E-state index contributed by atoms with van der Waals surface area (Å²) in [7, 11) is 0. The number of cyclic esters (lactones) is 6. The third-order valence-corrected chi connectivity index (χ3v) is 5.38. The fourth-order valence-corrected chi connectivity index (χ4v) is 3.86. The molecule has 0 spiro atoms. The molecule has 0 aromatic carbocycles. The molecule has 0 aliphatic carbocycles. The molecule has 0 bridgehead atoms. The topological polar surface area (TPSA) is 149 Å². The Morgan fingerprint density at radius 1 is 0.879 bits per heavy atom. The van der Waals surface area contributed by atoms with Crippen LogP contribution < -0.4 is 0 Å². The third kappa shape index (κ3) is 6.01. The predicted molar refractivity (Wildman–Crippen MR) is 107 cm³/mol. The Labute approximate surface area is 189 Å². The highest BCUT2D eigenvalue weighted by molar-refractivity contribution is 6.05. The fraction of sp³-hybridized carbons (Fsp3) is 0.455. The average Bonchev–Trinajstić information content (AvgIpc) is 3.37. The van der Waals surface area contributed by atoms with Gasteiger partial charge in [-0.15, -0.1) is 0 Å². The van der Waals surface area contributed by atoms with Crippen LogP contribution in [0.2, 0.25) is 0 Å². The van der Waals surface area contributed by atoms with Crippen molar-refractivity contribution in [2.24, 2.45) is 23.7 Å². The molecule has 3 saturated heterocycles. The van der Waals surface area contributed by atoms with Gasteiger partial charge in [-0.1, -0.05) is 27.0 Å². The van der Waals surface area contributed by atoms with E-state index in [-0.39, 0.29) is 6.42 Å². The third-order valence-electron chi connectivity index (χ3n) is 5.38. The van der Waals surface area contributed by atoms with Gasteiger partial charge in [0.2, 0.25) is 0 Å². The molecule has 0 aromatic rings. The molecule has 0 aromatic heterocycles. The highest BCUT2D eigenvalue weighted by Crippen LogP contribution is 2.43. The van der Waals surface area contributed by atoms with E-state index in [2.05, 4.69) is 32.1 Å². The van der Waals surface area contributed by atoms with Gasteiger partial charge in [0.05, 0.1) is 48.4 Å². The Kier molecular flexibility index (Phi) is 8.80. The molecule has 0 radical (unpaired) electrons. The van der Waals surface area contributed by atoms with Crippen LogP contribution in [0.15, 0.2) is 37.8 Å². The zero-order valence-corrected chi connectivity index (χ0v) is 18.1. The largest absolute Gasteiger partial charge is 0.474 e. The van der Waals surface area contributed by atoms with Crippen molar-refractivity contribution in [2.75, 3.05) is 0 Å². The monoisotopic (exact) mass is 464 g/mol. The van der Waals surface area contributed by atoms with E-state index < -0.39 is 71.7 Å². The van der Waals surface area contributed by atoms with Crippen LogP contribution in [0.4, 0.5) is 0 Å². The van der Waals surface area contributed by atoms with Gasteiger partial charge in [0.15, 0.2) is 0 Å². The van der Waals surface area contributed by atoms with Gasteiger partial charge in [-0.05, 0) is 12.8 Å². The second-order valence-electron chi connectivity index (χ2n) is 7.33. The summed E-state index contributed by atoms with van der Waals surface area (Å²) in [6, 6.07) is 0. The van der Waals surface area contributed by atoms with Crippen LogP contribution in [0.5, 0.6) is 0 Å². The minimum absolute atomic E-state index is 0.198. The van der Waals surface area contributed by atoms with Gasteiger partial charge in [0, 0.05) is 12.2 Å². The Hall–Kier alpha value is -3.60. The first-order valence-electron chi connectivity index (χ1n) is 10.1. The van der Waals surface area contributed by atoms with Crippen LogP contribution in [0.3, 0.4) is 0 Å². The van der Waals surface area contributed by atoms with Gasteiger partial charge in [-0.25, -0.2) is 9.59 Å². The predicted octanol–water partition coefficient (Wildman–Crippen LogP) is 1.12. The molecule has 0 saturated carbocycles. The lowest BCUT2D eigenvalue weighted by Gasteiger charge is -2.37. The van der Waals surface area contributed by atoms with Crippen LogP contribution in [0, 0.1) is 23.7 Å². The van der Waals surface area contributed by atoms with E-state index in [1.165, 1.54) is 12.5 Å². The molecular formula is C22H24O11. The smallest absolute Gasteiger partial charge is 0.338 e. The minimum atomic E-state index is -0.726. The molecule has 33 heavy (non-hydrogen) atoms. The van der Waals surface area contributed by atoms with E-state index in [0.717, 1.165) is 12.2 Å². The van der Waals surface area contributed by atoms with E-state index in [0.29, 0.717) is 6.42 Å². The zero-order valence-electron chi connectivity index (χ0n) is 18.1. The summed E-state index contributed by atoms with van der Waals surface area (Å²) in [4.78, 5) is 66.7. The molecule has 4 aliphatic heterocycles. The van der Waals surface area contributed by atoms with E-state index in [1.54, 1.807) is 6.92 Å². The first-order chi connectivity index (χ1) is 15.6. The maximum absolute atomic E-state index is 11.8. The highest BCUT2D eigenvalue weighted by atomic mass is 16.6. The van der Waals surface area contributed by atoms with E-state index in [4.69, 9.17) is 4.74 Å². The van der Waals surface area contributed by atoms with Crippen LogP contribution in [0.25, 0.3) is 0 Å². The number of fused-ring (bicyclic) bond motifs is 1. The number of esters is 6. The van der Waals surface area contributed by atoms with E-state index >= 15 is 0 Å². The van der Waals surface area contributed by atoms with Crippen LogP contribution in [-0.4, -0.2) is 48.0 Å². The SMILES string of the molecule is C=COC=C.CCC1OC(C2C(=O)OC(=O)C2C)CC2C(=O)OC(=O)C12.O=C1C=CC(=O)O1. The van der Waals surface area contributed by atoms with E-state index in [9.17, 15) is 28.8 Å². The van der Waals surface area contributed by atoms with Gasteiger partial charge >= 0.3 is 35.8 Å². The number of hydrogen-bond acceptors (Lipinski definition) is 11. The van der Waals surface area contributed by atoms with Crippen molar-refractivity contribution in [1.82, 2.24) is 0 Å². The van der Waals surface area contributed by atoms with Crippen molar-refractivity contribution >= 4 is 35.8 Å². The van der Waals surface area contributed by atoms with E-state index in [1.807, 2.05) is 6.92 Å². The Bertz CT molecular complexity index is 865. The van der Waals surface area contributed by atoms with Crippen molar-refractivity contribution in [2.45, 2.75) is 38.9 Å². The summed E-state index contributed by atoms with van der Waals surface area (Å²) in [6.45, 7) is 9.95. The summed E-state index contributed by atoms with van der Waals surface area (Å²) < 4.78 is 23.5. The summed E-state index contributed by atoms with van der Waals surface area (Å²) >= 11 is 0. The summed E-state index contributed by atoms with van der Waals surface area (Å²) in [5, 5.41) is 0. The molecule has 178 valence electrons. The number of rotatable bonds is 4. The number of carbonyl (C=O) groups excluding carboxylic acids is 6. The normalized spacial score (nSPS) is 31.8. The fourth-order valence-electron chi connectivity index (χ4n) is 3.86. The van der Waals surface area contributed by atoms with Gasteiger partial charge < -0.3 is 23.7 Å². The van der Waals surface area contributed by atoms with Crippen molar-refractivity contribution in [3.8, 4) is 0 Å². The Morgan fingerprint density at radius 2 is 1.42 bits per heavy atom. The molecule has 4 rings (SSSR count). The second-order valence-corrected chi connectivity index (χ2v) is 7.33. The molecular weight excluding hydrogens is 440 g/mol. The maximum atomic E-state index is 11.8. The first-order valence-corrected chi connectivity index (χ1v) is 10.1. The molecule has 0 N–H and O–H groups in total. The molecule has 6 unspecified atom stereocenters. The number of carbonyl (C=O) groups is 6. The zero-order chi connectivity index (χ0) is 24.7. The molecule has 0 amide bonds. The molecule has 4 aliphatic rings. The lowest BCUT2D eigenvalue weighted by molar-refractivity contribution is -0.164. The summed E-state index contributed by atoms with van der Waals surface area (Å²) in [5.41, 5.74) is 0. The maximum Gasteiger partial charge on any atom is 0.338 e. The second kappa shape index (κ2) is 11.3. The molecule has 4 heterocycles. The lowest BCUT2D eigenvalue weighted by atomic mass is 9.77. The first kappa shape index (κ1) is 25.7. The Morgan fingerprint density at radius 3 is 1.82 bits per heavy atom. The molecule has 11 nitrogen and oxygen atoms in total. The summed E-state index contributed by atoms with van der Waals surface area (Å²) in [5.74, 6) is -6.03. The Balaban J connectivity index is 0.000000264. The van der Waals surface area contributed by atoms with Crippen molar-refractivity contribution in [3.63, 3.8) is 0 Å². The van der Waals surface area contributed by atoms with Crippen LogP contribution in [-0.2, 0) is 52.5 Å². The number of hydrogen-bond donors (Lipinski definition) is 0. The van der Waals surface area contributed by atoms with Gasteiger partial charge in [-0.3, -0.25) is 19.2 Å². The average molecular weight is 464 g/mol. The summed E-state index contributed by atoms with van der Waals surface area (Å²) in [6.07, 6.45) is 4.42. The highest BCUT2D eigenvalue weighted by Gasteiger charge is 2.57. The quantitative estimate of drug-likeness (QED) is 0.255. The number of ether oxygens (including phenoxy) is 5. The van der Waals surface area contributed by atoms with Crippen molar-refractivity contribution < 1.29 is 52.5 Å². The minimum Gasteiger partial charge on any atom is -0.474 e. The molecule has 11 heteroatoms.